The van der Waals surface area contributed by atoms with Crippen LogP contribution in [0.1, 0.15) is 30.9 Å². The lowest BCUT2D eigenvalue weighted by Gasteiger charge is -2.15. The first-order valence-corrected chi connectivity index (χ1v) is 6.50. The van der Waals surface area contributed by atoms with Crippen LogP contribution < -0.4 is 0 Å². The predicted molar refractivity (Wildman–Crippen MR) is 75.5 cm³/mol. The molecule has 2 rings (SSSR count). The fourth-order valence-corrected chi connectivity index (χ4v) is 2.38. The minimum atomic E-state index is 0.523. The van der Waals surface area contributed by atoms with E-state index in [1.165, 1.54) is 22.3 Å². The summed E-state index contributed by atoms with van der Waals surface area (Å²) in [6, 6.07) is 16.9. The summed E-state index contributed by atoms with van der Waals surface area (Å²) in [5, 5.41) is 0. The molecule has 0 N–H and O–H groups in total. The SMILES string of the molecule is CC(C)c1ccccc1-c1ccccc1CCl. The molecule has 0 nitrogen and oxygen atoms in total. The third-order valence-electron chi connectivity index (χ3n) is 3.03. The molecule has 0 saturated heterocycles. The molecular weight excluding hydrogens is 228 g/mol. The van der Waals surface area contributed by atoms with Crippen molar-refractivity contribution >= 4 is 11.6 Å². The third-order valence-corrected chi connectivity index (χ3v) is 3.32. The van der Waals surface area contributed by atoms with Gasteiger partial charge in [-0.2, -0.15) is 0 Å². The molecule has 0 bridgehead atoms. The normalized spacial score (nSPS) is 10.8. The lowest BCUT2D eigenvalue weighted by Crippen LogP contribution is -1.94. The molecule has 0 aliphatic heterocycles. The molecule has 0 atom stereocenters. The van der Waals surface area contributed by atoms with E-state index in [-0.39, 0.29) is 0 Å². The van der Waals surface area contributed by atoms with E-state index in [0.29, 0.717) is 11.8 Å². The van der Waals surface area contributed by atoms with Gasteiger partial charge in [-0.15, -0.1) is 11.6 Å². The first kappa shape index (κ1) is 12.2. The summed E-state index contributed by atoms with van der Waals surface area (Å²) in [5.74, 6) is 1.08. The van der Waals surface area contributed by atoms with Crippen molar-refractivity contribution in [3.8, 4) is 11.1 Å². The molecule has 17 heavy (non-hydrogen) atoms. The number of hydrogen-bond donors (Lipinski definition) is 0. The molecular formula is C16H17Cl. The maximum atomic E-state index is 6.01. The van der Waals surface area contributed by atoms with Gasteiger partial charge < -0.3 is 0 Å². The Kier molecular flexibility index (Phi) is 3.86. The van der Waals surface area contributed by atoms with E-state index in [0.717, 1.165) is 0 Å². The van der Waals surface area contributed by atoms with Gasteiger partial charge in [-0.3, -0.25) is 0 Å². The molecule has 0 fully saturated rings. The highest BCUT2D eigenvalue weighted by Crippen LogP contribution is 2.31. The van der Waals surface area contributed by atoms with Gasteiger partial charge in [0.05, 0.1) is 0 Å². The lowest BCUT2D eigenvalue weighted by molar-refractivity contribution is 0.869. The summed E-state index contributed by atoms with van der Waals surface area (Å²) in [4.78, 5) is 0. The standard InChI is InChI=1S/C16H17Cl/c1-12(2)14-8-5-6-10-16(14)15-9-4-3-7-13(15)11-17/h3-10,12H,11H2,1-2H3. The Labute approximate surface area is 108 Å². The quantitative estimate of drug-likeness (QED) is 0.650. The van der Waals surface area contributed by atoms with Crippen molar-refractivity contribution in [2.24, 2.45) is 0 Å². The van der Waals surface area contributed by atoms with E-state index >= 15 is 0 Å². The zero-order valence-corrected chi connectivity index (χ0v) is 11.0. The molecule has 0 spiro atoms. The first-order valence-electron chi connectivity index (χ1n) is 5.97. The highest BCUT2D eigenvalue weighted by molar-refractivity contribution is 6.17. The third kappa shape index (κ3) is 2.53. The van der Waals surface area contributed by atoms with Gasteiger partial charge in [0.2, 0.25) is 0 Å². The fraction of sp³-hybridized carbons (Fsp3) is 0.250. The summed E-state index contributed by atoms with van der Waals surface area (Å²) in [6.45, 7) is 4.45. The minimum absolute atomic E-state index is 0.523. The molecule has 1 heteroatoms. The second-order valence-corrected chi connectivity index (χ2v) is 4.80. The molecule has 88 valence electrons. The Hall–Kier alpha value is -1.27. The second kappa shape index (κ2) is 5.37. The van der Waals surface area contributed by atoms with Crippen molar-refractivity contribution in [1.82, 2.24) is 0 Å². The van der Waals surface area contributed by atoms with E-state index < -0.39 is 0 Å². The molecule has 0 heterocycles. The Morgan fingerprint density at radius 2 is 1.47 bits per heavy atom. The van der Waals surface area contributed by atoms with Crippen LogP contribution in [-0.2, 0) is 5.88 Å². The van der Waals surface area contributed by atoms with Gasteiger partial charge in [0.15, 0.2) is 0 Å². The number of hydrogen-bond acceptors (Lipinski definition) is 0. The van der Waals surface area contributed by atoms with Crippen molar-refractivity contribution in [1.29, 1.82) is 0 Å². The molecule has 0 unspecified atom stereocenters. The van der Waals surface area contributed by atoms with E-state index in [4.69, 9.17) is 11.6 Å². The van der Waals surface area contributed by atoms with E-state index in [1.807, 2.05) is 6.07 Å². The molecule has 0 radical (unpaired) electrons. The number of rotatable bonds is 3. The van der Waals surface area contributed by atoms with Gasteiger partial charge in [0.25, 0.3) is 0 Å². The lowest BCUT2D eigenvalue weighted by atomic mass is 9.91. The summed E-state index contributed by atoms with van der Waals surface area (Å²) in [6.07, 6.45) is 0. The van der Waals surface area contributed by atoms with Crippen LogP contribution in [0.2, 0.25) is 0 Å². The maximum Gasteiger partial charge on any atom is 0.0480 e. The maximum absolute atomic E-state index is 6.01. The van der Waals surface area contributed by atoms with Gasteiger partial charge in [-0.1, -0.05) is 62.4 Å². The van der Waals surface area contributed by atoms with Crippen LogP contribution in [0.3, 0.4) is 0 Å². The smallest absolute Gasteiger partial charge is 0.0480 e. The molecule has 2 aromatic carbocycles. The van der Waals surface area contributed by atoms with Crippen molar-refractivity contribution in [2.75, 3.05) is 0 Å². The van der Waals surface area contributed by atoms with Crippen molar-refractivity contribution in [3.05, 3.63) is 59.7 Å². The minimum Gasteiger partial charge on any atom is -0.122 e. The van der Waals surface area contributed by atoms with Crippen molar-refractivity contribution < 1.29 is 0 Å². The topological polar surface area (TPSA) is 0 Å². The van der Waals surface area contributed by atoms with Crippen LogP contribution in [0.4, 0.5) is 0 Å². The van der Waals surface area contributed by atoms with Crippen LogP contribution in [0, 0.1) is 0 Å². The van der Waals surface area contributed by atoms with Crippen LogP contribution in [-0.4, -0.2) is 0 Å². The van der Waals surface area contributed by atoms with Crippen LogP contribution in [0.5, 0.6) is 0 Å². The summed E-state index contributed by atoms with van der Waals surface area (Å²) >= 11 is 6.01. The van der Waals surface area contributed by atoms with E-state index in [9.17, 15) is 0 Å². The zero-order valence-electron chi connectivity index (χ0n) is 10.3. The van der Waals surface area contributed by atoms with Crippen LogP contribution in [0.15, 0.2) is 48.5 Å². The van der Waals surface area contributed by atoms with Gasteiger partial charge in [0.1, 0.15) is 0 Å². The van der Waals surface area contributed by atoms with E-state index in [2.05, 4.69) is 56.3 Å². The van der Waals surface area contributed by atoms with E-state index in [1.54, 1.807) is 0 Å². The van der Waals surface area contributed by atoms with Crippen LogP contribution in [0.25, 0.3) is 11.1 Å². The summed E-state index contributed by atoms with van der Waals surface area (Å²) in [7, 11) is 0. The Morgan fingerprint density at radius 1 is 0.882 bits per heavy atom. The van der Waals surface area contributed by atoms with Gasteiger partial charge >= 0.3 is 0 Å². The molecule has 0 aliphatic rings. The van der Waals surface area contributed by atoms with Crippen molar-refractivity contribution in [3.63, 3.8) is 0 Å². The Morgan fingerprint density at radius 3 is 2.12 bits per heavy atom. The molecule has 0 amide bonds. The number of halogens is 1. The van der Waals surface area contributed by atoms with Gasteiger partial charge in [-0.25, -0.2) is 0 Å². The molecule has 0 aromatic heterocycles. The van der Waals surface area contributed by atoms with Gasteiger partial charge in [-0.05, 0) is 28.2 Å². The molecule has 0 aliphatic carbocycles. The summed E-state index contributed by atoms with van der Waals surface area (Å²) in [5.41, 5.74) is 5.14. The largest absolute Gasteiger partial charge is 0.122 e. The van der Waals surface area contributed by atoms with Crippen molar-refractivity contribution in [2.45, 2.75) is 25.6 Å². The predicted octanol–water partition coefficient (Wildman–Crippen LogP) is 5.22. The van der Waals surface area contributed by atoms with Crippen LogP contribution >= 0.6 is 11.6 Å². The first-order chi connectivity index (χ1) is 8.24. The highest BCUT2D eigenvalue weighted by atomic mass is 35.5. The Bertz CT molecular complexity index is 500. The summed E-state index contributed by atoms with van der Waals surface area (Å²) < 4.78 is 0. The second-order valence-electron chi connectivity index (χ2n) is 4.53. The highest BCUT2D eigenvalue weighted by Gasteiger charge is 2.10. The molecule has 0 saturated carbocycles. The monoisotopic (exact) mass is 244 g/mol. The number of alkyl halides is 1. The number of benzene rings is 2. The fourth-order valence-electron chi connectivity index (χ4n) is 2.15. The molecule has 2 aromatic rings. The van der Waals surface area contributed by atoms with Gasteiger partial charge in [0, 0.05) is 5.88 Å². The average molecular weight is 245 g/mol. The average Bonchev–Trinajstić information content (AvgIpc) is 2.38. The zero-order chi connectivity index (χ0) is 12.3. The Balaban J connectivity index is 2.60.